The Morgan fingerprint density at radius 2 is 1.77 bits per heavy atom. The molecule has 3 saturated carbocycles. The molecule has 1 aromatic heterocycles. The lowest BCUT2D eigenvalue weighted by atomic mass is 9.84. The standard InChI is InChI=1S/C22H24F3NO4/c23-22(24,25)29-18-4-2-1-3-16(18)19-17(21(30-26-19)12-5-6-12)11-28-15-9-13-7-8-14(10-15)20(13)27/h1-4,12-15,20,27H,5-11H2/t13-,14+,15?,20?. The molecule has 5 nitrogen and oxygen atoms in total. The quantitative estimate of drug-likeness (QED) is 0.693. The van der Waals surface area contributed by atoms with E-state index in [2.05, 4.69) is 9.89 Å². The van der Waals surface area contributed by atoms with Gasteiger partial charge in [-0.05, 0) is 62.5 Å². The summed E-state index contributed by atoms with van der Waals surface area (Å²) in [6, 6.07) is 5.97. The fraction of sp³-hybridized carbons (Fsp3) is 0.591. The van der Waals surface area contributed by atoms with E-state index in [1.54, 1.807) is 12.1 Å². The molecule has 162 valence electrons. The number of hydrogen-bond acceptors (Lipinski definition) is 5. The molecule has 0 aliphatic heterocycles. The molecular formula is C22H24F3NO4. The molecule has 1 heterocycles. The van der Waals surface area contributed by atoms with Crippen molar-refractivity contribution in [3.8, 4) is 17.0 Å². The summed E-state index contributed by atoms with van der Waals surface area (Å²) in [5, 5.41) is 14.3. The van der Waals surface area contributed by atoms with Crippen LogP contribution in [0.1, 0.15) is 55.8 Å². The number of fused-ring (bicyclic) bond motifs is 2. The van der Waals surface area contributed by atoms with Crippen molar-refractivity contribution < 1.29 is 32.3 Å². The molecule has 3 aliphatic rings. The minimum absolute atomic E-state index is 0.0300. The zero-order valence-electron chi connectivity index (χ0n) is 16.4. The average Bonchev–Trinajstić information content (AvgIpc) is 3.42. The lowest BCUT2D eigenvalue weighted by Gasteiger charge is -2.32. The summed E-state index contributed by atoms with van der Waals surface area (Å²) in [7, 11) is 0. The van der Waals surface area contributed by atoms with E-state index < -0.39 is 6.36 Å². The number of benzene rings is 1. The third kappa shape index (κ3) is 3.95. The van der Waals surface area contributed by atoms with Gasteiger partial charge >= 0.3 is 6.36 Å². The molecule has 3 aliphatic carbocycles. The number of aromatic nitrogens is 1. The molecule has 5 rings (SSSR count). The van der Waals surface area contributed by atoms with Gasteiger partial charge in [0.2, 0.25) is 0 Å². The fourth-order valence-corrected chi connectivity index (χ4v) is 4.99. The van der Waals surface area contributed by atoms with Gasteiger partial charge in [-0.3, -0.25) is 0 Å². The number of halogens is 3. The molecule has 1 aromatic carbocycles. The van der Waals surface area contributed by atoms with Crippen LogP contribution in [0, 0.1) is 11.8 Å². The molecule has 0 saturated heterocycles. The largest absolute Gasteiger partial charge is 0.573 e. The minimum atomic E-state index is -4.79. The Labute approximate surface area is 172 Å². The van der Waals surface area contributed by atoms with Gasteiger partial charge in [0.15, 0.2) is 0 Å². The summed E-state index contributed by atoms with van der Waals surface area (Å²) in [6.45, 7) is 0.227. The molecule has 30 heavy (non-hydrogen) atoms. The first-order valence-electron chi connectivity index (χ1n) is 10.5. The maximum Gasteiger partial charge on any atom is 0.573 e. The zero-order chi connectivity index (χ0) is 20.9. The van der Waals surface area contributed by atoms with E-state index in [9.17, 15) is 18.3 Å². The second kappa shape index (κ2) is 7.57. The van der Waals surface area contributed by atoms with Gasteiger partial charge in [-0.25, -0.2) is 0 Å². The fourth-order valence-electron chi connectivity index (χ4n) is 4.99. The number of para-hydroxylation sites is 1. The third-order valence-corrected chi connectivity index (χ3v) is 6.60. The number of aliphatic hydroxyl groups is 1. The normalized spacial score (nSPS) is 28.7. The van der Waals surface area contributed by atoms with Crippen molar-refractivity contribution in [2.45, 2.75) is 69.6 Å². The Morgan fingerprint density at radius 3 is 2.43 bits per heavy atom. The first kappa shape index (κ1) is 19.9. The van der Waals surface area contributed by atoms with Gasteiger partial charge in [-0.1, -0.05) is 17.3 Å². The van der Waals surface area contributed by atoms with Gasteiger partial charge < -0.3 is 19.1 Å². The molecule has 2 aromatic rings. The number of nitrogens with zero attached hydrogens (tertiary/aromatic N) is 1. The van der Waals surface area contributed by atoms with Crippen LogP contribution < -0.4 is 4.74 Å². The topological polar surface area (TPSA) is 64.7 Å². The van der Waals surface area contributed by atoms with Crippen LogP contribution in [0.2, 0.25) is 0 Å². The zero-order valence-corrected chi connectivity index (χ0v) is 16.4. The van der Waals surface area contributed by atoms with E-state index in [0.717, 1.165) is 38.5 Å². The molecular weight excluding hydrogens is 399 g/mol. The lowest BCUT2D eigenvalue weighted by molar-refractivity contribution is -0.274. The van der Waals surface area contributed by atoms with Crippen LogP contribution in [0.25, 0.3) is 11.3 Å². The Balaban J connectivity index is 1.40. The number of alkyl halides is 3. The number of ether oxygens (including phenoxy) is 2. The van der Waals surface area contributed by atoms with E-state index in [1.165, 1.54) is 12.1 Å². The van der Waals surface area contributed by atoms with Crippen LogP contribution >= 0.6 is 0 Å². The molecule has 4 atom stereocenters. The van der Waals surface area contributed by atoms with E-state index in [4.69, 9.17) is 9.26 Å². The summed E-state index contributed by atoms with van der Waals surface area (Å²) in [6.07, 6.45) is 0.629. The van der Waals surface area contributed by atoms with Gasteiger partial charge in [0.05, 0.1) is 18.8 Å². The summed E-state index contributed by atoms with van der Waals surface area (Å²) in [5.41, 5.74) is 1.29. The maximum atomic E-state index is 12.9. The lowest BCUT2D eigenvalue weighted by Crippen LogP contribution is -2.34. The van der Waals surface area contributed by atoms with Gasteiger partial charge in [0, 0.05) is 17.0 Å². The smallest absolute Gasteiger partial charge is 0.405 e. The van der Waals surface area contributed by atoms with Crippen molar-refractivity contribution in [1.29, 1.82) is 0 Å². The van der Waals surface area contributed by atoms with E-state index in [0.29, 0.717) is 17.0 Å². The molecule has 0 amide bonds. The number of hydrogen-bond donors (Lipinski definition) is 1. The Kier molecular flexibility index (Phi) is 5.01. The monoisotopic (exact) mass is 423 g/mol. The first-order chi connectivity index (χ1) is 14.4. The van der Waals surface area contributed by atoms with Crippen LogP contribution in [0.15, 0.2) is 28.8 Å². The van der Waals surface area contributed by atoms with Crippen LogP contribution in [-0.2, 0) is 11.3 Å². The van der Waals surface area contributed by atoms with Crippen LogP contribution in [0.5, 0.6) is 5.75 Å². The predicted octanol–water partition coefficient (Wildman–Crippen LogP) is 5.18. The Hall–Kier alpha value is -2.06. The summed E-state index contributed by atoms with van der Waals surface area (Å²) in [5.74, 6) is 1.19. The van der Waals surface area contributed by atoms with Crippen molar-refractivity contribution in [1.82, 2.24) is 5.16 Å². The first-order valence-corrected chi connectivity index (χ1v) is 10.5. The molecule has 3 fully saturated rings. The summed E-state index contributed by atoms with van der Waals surface area (Å²) < 4.78 is 54.6. The highest BCUT2D eigenvalue weighted by atomic mass is 19.4. The van der Waals surface area contributed by atoms with E-state index in [1.807, 2.05) is 0 Å². The average molecular weight is 423 g/mol. The van der Waals surface area contributed by atoms with Crippen molar-refractivity contribution in [2.75, 3.05) is 0 Å². The Bertz CT molecular complexity index is 894. The van der Waals surface area contributed by atoms with Gasteiger partial charge in [-0.2, -0.15) is 0 Å². The van der Waals surface area contributed by atoms with Crippen LogP contribution in [-0.4, -0.2) is 28.8 Å². The van der Waals surface area contributed by atoms with Crippen molar-refractivity contribution >= 4 is 0 Å². The van der Waals surface area contributed by atoms with E-state index >= 15 is 0 Å². The highest BCUT2D eigenvalue weighted by Crippen LogP contribution is 2.47. The second-order valence-electron chi connectivity index (χ2n) is 8.68. The van der Waals surface area contributed by atoms with Crippen LogP contribution in [0.3, 0.4) is 0 Å². The minimum Gasteiger partial charge on any atom is -0.405 e. The predicted molar refractivity (Wildman–Crippen MR) is 101 cm³/mol. The van der Waals surface area contributed by atoms with Gasteiger partial charge in [-0.15, -0.1) is 13.2 Å². The molecule has 2 bridgehead atoms. The SMILES string of the molecule is OC1[C@@H]2CC[C@H]1CC(OCc1c(-c3ccccc3OC(F)(F)F)noc1C1CC1)C2. The third-order valence-electron chi connectivity index (χ3n) is 6.60. The number of aliphatic hydroxyl groups excluding tert-OH is 1. The highest BCUT2D eigenvalue weighted by molar-refractivity contribution is 5.70. The van der Waals surface area contributed by atoms with Crippen LogP contribution in [0.4, 0.5) is 13.2 Å². The second-order valence-corrected chi connectivity index (χ2v) is 8.68. The maximum absolute atomic E-state index is 12.9. The number of rotatable bonds is 6. The summed E-state index contributed by atoms with van der Waals surface area (Å²) in [4.78, 5) is 0. The van der Waals surface area contributed by atoms with Crippen molar-refractivity contribution in [3.05, 3.63) is 35.6 Å². The molecule has 8 heteroatoms. The summed E-state index contributed by atoms with van der Waals surface area (Å²) >= 11 is 0. The molecule has 0 radical (unpaired) electrons. The Morgan fingerprint density at radius 1 is 1.07 bits per heavy atom. The molecule has 1 N–H and O–H groups in total. The molecule has 0 spiro atoms. The van der Waals surface area contributed by atoms with Crippen molar-refractivity contribution in [2.24, 2.45) is 11.8 Å². The van der Waals surface area contributed by atoms with Gasteiger partial charge in [0.1, 0.15) is 17.2 Å². The van der Waals surface area contributed by atoms with Gasteiger partial charge in [0.25, 0.3) is 0 Å². The van der Waals surface area contributed by atoms with E-state index in [-0.39, 0.29) is 47.9 Å². The highest BCUT2D eigenvalue weighted by Gasteiger charge is 2.42. The molecule has 2 unspecified atom stereocenters. The van der Waals surface area contributed by atoms with Crippen molar-refractivity contribution in [3.63, 3.8) is 0 Å².